The van der Waals surface area contributed by atoms with Crippen LogP contribution < -0.4 is 0 Å². The zero-order valence-corrected chi connectivity index (χ0v) is 9.42. The molecule has 0 aromatic rings. The average Bonchev–Trinajstić information content (AvgIpc) is 2.05. The Morgan fingerprint density at radius 1 is 0.846 bits per heavy atom. The standard InChI is InChI=1S/C10H22O3/c1-9(2)10(6-11-3,7-12-4)8-13-5/h9H,6-8H2,1-5H3. The highest BCUT2D eigenvalue weighted by Gasteiger charge is 2.34. The summed E-state index contributed by atoms with van der Waals surface area (Å²) in [6.07, 6.45) is 0. The van der Waals surface area contributed by atoms with Gasteiger partial charge in [-0.05, 0) is 5.92 Å². The predicted octanol–water partition coefficient (Wildman–Crippen LogP) is 1.57. The molecule has 80 valence electrons. The van der Waals surface area contributed by atoms with Gasteiger partial charge in [0.25, 0.3) is 0 Å². The zero-order chi connectivity index (χ0) is 10.3. The normalized spacial score (nSPS) is 12.5. The highest BCUT2D eigenvalue weighted by molar-refractivity contribution is 4.82. The summed E-state index contributed by atoms with van der Waals surface area (Å²) in [7, 11) is 5.13. The molecule has 0 heterocycles. The number of rotatable bonds is 7. The third kappa shape index (κ3) is 3.63. The summed E-state index contributed by atoms with van der Waals surface area (Å²) in [5, 5.41) is 0. The number of hydrogen-bond acceptors (Lipinski definition) is 3. The van der Waals surface area contributed by atoms with Crippen molar-refractivity contribution in [1.82, 2.24) is 0 Å². The molecule has 0 aliphatic carbocycles. The van der Waals surface area contributed by atoms with Crippen molar-refractivity contribution in [3.8, 4) is 0 Å². The second-order valence-electron chi connectivity index (χ2n) is 3.82. The molecule has 0 atom stereocenters. The van der Waals surface area contributed by atoms with Crippen LogP contribution in [0.5, 0.6) is 0 Å². The van der Waals surface area contributed by atoms with E-state index in [2.05, 4.69) is 13.8 Å². The fraction of sp³-hybridized carbons (Fsp3) is 1.00. The molecule has 0 aromatic heterocycles. The fourth-order valence-electron chi connectivity index (χ4n) is 1.49. The van der Waals surface area contributed by atoms with Gasteiger partial charge < -0.3 is 14.2 Å². The van der Waals surface area contributed by atoms with Crippen molar-refractivity contribution >= 4 is 0 Å². The summed E-state index contributed by atoms with van der Waals surface area (Å²) in [5.74, 6) is 0.479. The van der Waals surface area contributed by atoms with E-state index in [9.17, 15) is 0 Å². The molecule has 0 saturated heterocycles. The van der Waals surface area contributed by atoms with Crippen molar-refractivity contribution in [3.05, 3.63) is 0 Å². The van der Waals surface area contributed by atoms with E-state index in [-0.39, 0.29) is 5.41 Å². The number of hydrogen-bond donors (Lipinski definition) is 0. The second-order valence-corrected chi connectivity index (χ2v) is 3.82. The molecule has 0 spiro atoms. The fourth-order valence-corrected chi connectivity index (χ4v) is 1.49. The molecule has 3 nitrogen and oxygen atoms in total. The van der Waals surface area contributed by atoms with Crippen molar-refractivity contribution in [2.45, 2.75) is 13.8 Å². The third-order valence-corrected chi connectivity index (χ3v) is 2.52. The van der Waals surface area contributed by atoms with Crippen LogP contribution in [-0.4, -0.2) is 41.2 Å². The van der Waals surface area contributed by atoms with E-state index < -0.39 is 0 Å². The minimum atomic E-state index is -0.0156. The maximum atomic E-state index is 5.21. The SMILES string of the molecule is COCC(COC)(COC)C(C)C. The largest absolute Gasteiger partial charge is 0.384 e. The first kappa shape index (κ1) is 12.9. The van der Waals surface area contributed by atoms with Gasteiger partial charge in [0.1, 0.15) is 0 Å². The van der Waals surface area contributed by atoms with Gasteiger partial charge >= 0.3 is 0 Å². The number of ether oxygens (including phenoxy) is 3. The van der Waals surface area contributed by atoms with Crippen LogP contribution in [0, 0.1) is 11.3 Å². The van der Waals surface area contributed by atoms with Crippen LogP contribution in [0.15, 0.2) is 0 Å². The molecule has 0 aromatic carbocycles. The van der Waals surface area contributed by atoms with Gasteiger partial charge in [-0.15, -0.1) is 0 Å². The molecule has 3 heteroatoms. The lowest BCUT2D eigenvalue weighted by molar-refractivity contribution is -0.0652. The Labute approximate surface area is 81.4 Å². The van der Waals surface area contributed by atoms with Gasteiger partial charge in [-0.3, -0.25) is 0 Å². The lowest BCUT2D eigenvalue weighted by Crippen LogP contribution is -2.41. The molecule has 0 amide bonds. The van der Waals surface area contributed by atoms with Crippen molar-refractivity contribution in [2.75, 3.05) is 41.2 Å². The van der Waals surface area contributed by atoms with Crippen molar-refractivity contribution < 1.29 is 14.2 Å². The summed E-state index contributed by atoms with van der Waals surface area (Å²) in [6, 6.07) is 0. The molecule has 0 saturated carbocycles. The van der Waals surface area contributed by atoms with Crippen LogP contribution in [0.4, 0.5) is 0 Å². The van der Waals surface area contributed by atoms with Gasteiger partial charge in [-0.1, -0.05) is 13.8 Å². The van der Waals surface area contributed by atoms with Crippen LogP contribution in [0.25, 0.3) is 0 Å². The summed E-state index contributed by atoms with van der Waals surface area (Å²) in [5.41, 5.74) is -0.0156. The molecule has 0 radical (unpaired) electrons. The Bertz CT molecular complexity index is 106. The molecule has 0 aliphatic heterocycles. The van der Waals surface area contributed by atoms with E-state index in [0.29, 0.717) is 25.7 Å². The third-order valence-electron chi connectivity index (χ3n) is 2.52. The summed E-state index contributed by atoms with van der Waals surface area (Å²) >= 11 is 0. The Balaban J connectivity index is 4.38. The predicted molar refractivity (Wildman–Crippen MR) is 52.9 cm³/mol. The van der Waals surface area contributed by atoms with E-state index in [1.54, 1.807) is 21.3 Å². The van der Waals surface area contributed by atoms with E-state index in [1.165, 1.54) is 0 Å². The van der Waals surface area contributed by atoms with Crippen molar-refractivity contribution in [2.24, 2.45) is 11.3 Å². The van der Waals surface area contributed by atoms with Gasteiger partial charge in [0.15, 0.2) is 0 Å². The molecular formula is C10H22O3. The highest BCUT2D eigenvalue weighted by Crippen LogP contribution is 2.28. The molecular weight excluding hydrogens is 168 g/mol. The quantitative estimate of drug-likeness (QED) is 0.610. The molecule has 0 rings (SSSR count). The Morgan fingerprint density at radius 2 is 1.15 bits per heavy atom. The topological polar surface area (TPSA) is 27.7 Å². The zero-order valence-electron chi connectivity index (χ0n) is 9.42. The van der Waals surface area contributed by atoms with Crippen LogP contribution >= 0.6 is 0 Å². The Hall–Kier alpha value is -0.120. The molecule has 13 heavy (non-hydrogen) atoms. The van der Waals surface area contributed by atoms with E-state index in [4.69, 9.17) is 14.2 Å². The smallest absolute Gasteiger partial charge is 0.0565 e. The summed E-state index contributed by atoms with van der Waals surface area (Å²) in [6.45, 7) is 6.35. The van der Waals surface area contributed by atoms with E-state index in [0.717, 1.165) is 0 Å². The van der Waals surface area contributed by atoms with Crippen LogP contribution in [0.1, 0.15) is 13.8 Å². The van der Waals surface area contributed by atoms with Crippen molar-refractivity contribution in [1.29, 1.82) is 0 Å². The lowest BCUT2D eigenvalue weighted by Gasteiger charge is -2.35. The van der Waals surface area contributed by atoms with E-state index in [1.807, 2.05) is 0 Å². The minimum absolute atomic E-state index is 0.0156. The van der Waals surface area contributed by atoms with Crippen LogP contribution in [0.3, 0.4) is 0 Å². The van der Waals surface area contributed by atoms with Gasteiger partial charge in [-0.25, -0.2) is 0 Å². The number of methoxy groups -OCH3 is 3. The van der Waals surface area contributed by atoms with Gasteiger partial charge in [0.2, 0.25) is 0 Å². The van der Waals surface area contributed by atoms with Crippen molar-refractivity contribution in [3.63, 3.8) is 0 Å². The molecule has 0 bridgehead atoms. The first-order valence-corrected chi connectivity index (χ1v) is 4.59. The Morgan fingerprint density at radius 3 is 1.31 bits per heavy atom. The molecule has 0 fully saturated rings. The molecule has 0 N–H and O–H groups in total. The van der Waals surface area contributed by atoms with Gasteiger partial charge in [0, 0.05) is 26.7 Å². The minimum Gasteiger partial charge on any atom is -0.384 e. The first-order chi connectivity index (χ1) is 6.13. The van der Waals surface area contributed by atoms with Crippen LogP contribution in [0.2, 0.25) is 0 Å². The maximum Gasteiger partial charge on any atom is 0.0565 e. The second kappa shape index (κ2) is 6.35. The summed E-state index contributed by atoms with van der Waals surface area (Å²) < 4.78 is 15.6. The van der Waals surface area contributed by atoms with E-state index >= 15 is 0 Å². The molecule has 0 unspecified atom stereocenters. The summed E-state index contributed by atoms with van der Waals surface area (Å²) in [4.78, 5) is 0. The first-order valence-electron chi connectivity index (χ1n) is 4.59. The van der Waals surface area contributed by atoms with Gasteiger partial charge in [0.05, 0.1) is 19.8 Å². The Kier molecular flexibility index (Phi) is 6.29. The average molecular weight is 190 g/mol. The maximum absolute atomic E-state index is 5.21. The highest BCUT2D eigenvalue weighted by atomic mass is 16.5. The lowest BCUT2D eigenvalue weighted by atomic mass is 9.79. The van der Waals surface area contributed by atoms with Gasteiger partial charge in [-0.2, -0.15) is 0 Å². The monoisotopic (exact) mass is 190 g/mol. The van der Waals surface area contributed by atoms with Crippen LogP contribution in [-0.2, 0) is 14.2 Å². The molecule has 0 aliphatic rings.